The smallest absolute Gasteiger partial charge is 0.0648 e. The lowest BCUT2D eigenvalue weighted by molar-refractivity contribution is 0.539. The molecule has 1 N–H and O–H groups in total. The van der Waals surface area contributed by atoms with Crippen LogP contribution in [0.5, 0.6) is 0 Å². The first-order valence-corrected chi connectivity index (χ1v) is 8.89. The van der Waals surface area contributed by atoms with Crippen molar-refractivity contribution in [1.82, 2.24) is 15.1 Å². The van der Waals surface area contributed by atoms with Crippen LogP contribution in [0, 0.1) is 13.8 Å². The van der Waals surface area contributed by atoms with Crippen molar-refractivity contribution in [3.8, 4) is 5.69 Å². The second-order valence-corrected chi connectivity index (χ2v) is 6.25. The minimum Gasteiger partial charge on any atom is -0.309 e. The van der Waals surface area contributed by atoms with Gasteiger partial charge >= 0.3 is 0 Å². The fourth-order valence-corrected chi connectivity index (χ4v) is 3.28. The van der Waals surface area contributed by atoms with Crippen molar-refractivity contribution in [3.05, 3.63) is 47.3 Å². The van der Waals surface area contributed by atoms with Gasteiger partial charge in [0.2, 0.25) is 0 Å². The molecule has 0 aliphatic rings. The standard InChI is InChI=1S/C17H25N3S/c1-5-15(12-21-4)18-11-17-13(2)19-20(14(17)3)16-9-7-6-8-10-16/h6-10,15,18H,5,11-12H2,1-4H3. The zero-order chi connectivity index (χ0) is 15.2. The summed E-state index contributed by atoms with van der Waals surface area (Å²) in [6, 6.07) is 10.9. The topological polar surface area (TPSA) is 29.9 Å². The summed E-state index contributed by atoms with van der Waals surface area (Å²) >= 11 is 1.90. The van der Waals surface area contributed by atoms with E-state index in [0.717, 1.165) is 30.1 Å². The summed E-state index contributed by atoms with van der Waals surface area (Å²) < 4.78 is 2.04. The van der Waals surface area contributed by atoms with Crippen LogP contribution in [-0.4, -0.2) is 27.8 Å². The molecule has 0 saturated heterocycles. The van der Waals surface area contributed by atoms with Gasteiger partial charge in [-0.15, -0.1) is 0 Å². The summed E-state index contributed by atoms with van der Waals surface area (Å²) in [6.45, 7) is 7.38. The van der Waals surface area contributed by atoms with Gasteiger partial charge in [0.15, 0.2) is 0 Å². The molecule has 3 nitrogen and oxygen atoms in total. The average molecular weight is 303 g/mol. The Morgan fingerprint density at radius 1 is 1.24 bits per heavy atom. The lowest BCUT2D eigenvalue weighted by Gasteiger charge is -2.15. The number of nitrogens with one attached hydrogen (secondary N) is 1. The van der Waals surface area contributed by atoms with E-state index in [9.17, 15) is 0 Å². The van der Waals surface area contributed by atoms with E-state index in [-0.39, 0.29) is 0 Å². The minimum atomic E-state index is 0.568. The van der Waals surface area contributed by atoms with E-state index >= 15 is 0 Å². The Morgan fingerprint density at radius 3 is 2.57 bits per heavy atom. The van der Waals surface area contributed by atoms with Crippen LogP contribution in [0.1, 0.15) is 30.3 Å². The van der Waals surface area contributed by atoms with Crippen molar-refractivity contribution < 1.29 is 0 Å². The molecule has 0 amide bonds. The van der Waals surface area contributed by atoms with Crippen LogP contribution in [0.3, 0.4) is 0 Å². The van der Waals surface area contributed by atoms with Crippen molar-refractivity contribution in [1.29, 1.82) is 0 Å². The first kappa shape index (κ1) is 16.1. The van der Waals surface area contributed by atoms with Crippen LogP contribution in [0.25, 0.3) is 5.69 Å². The highest BCUT2D eigenvalue weighted by Crippen LogP contribution is 2.18. The minimum absolute atomic E-state index is 0.568. The summed E-state index contributed by atoms with van der Waals surface area (Å²) in [7, 11) is 0. The normalized spacial score (nSPS) is 12.6. The highest BCUT2D eigenvalue weighted by Gasteiger charge is 2.14. The van der Waals surface area contributed by atoms with Crippen LogP contribution in [0.4, 0.5) is 0 Å². The van der Waals surface area contributed by atoms with E-state index < -0.39 is 0 Å². The molecule has 1 atom stereocenters. The molecule has 0 radical (unpaired) electrons. The molecule has 0 saturated carbocycles. The molecule has 2 rings (SSSR count). The number of thioether (sulfide) groups is 1. The van der Waals surface area contributed by atoms with Gasteiger partial charge in [-0.25, -0.2) is 4.68 Å². The first-order chi connectivity index (χ1) is 10.2. The number of aromatic nitrogens is 2. The summed E-state index contributed by atoms with van der Waals surface area (Å²) in [4.78, 5) is 0. The molecule has 4 heteroatoms. The molecule has 0 fully saturated rings. The van der Waals surface area contributed by atoms with E-state index in [1.165, 1.54) is 11.3 Å². The Morgan fingerprint density at radius 2 is 1.95 bits per heavy atom. The average Bonchev–Trinajstić information content (AvgIpc) is 2.79. The van der Waals surface area contributed by atoms with E-state index in [1.54, 1.807) is 0 Å². The van der Waals surface area contributed by atoms with E-state index in [4.69, 9.17) is 5.10 Å². The van der Waals surface area contributed by atoms with Crippen LogP contribution >= 0.6 is 11.8 Å². The SMILES string of the molecule is CCC(CSC)NCc1c(C)nn(-c2ccccc2)c1C. The van der Waals surface area contributed by atoms with Gasteiger partial charge in [0.1, 0.15) is 0 Å². The number of para-hydroxylation sites is 1. The molecule has 21 heavy (non-hydrogen) atoms. The first-order valence-electron chi connectivity index (χ1n) is 7.50. The van der Waals surface area contributed by atoms with Crippen molar-refractivity contribution in [2.24, 2.45) is 0 Å². The fourth-order valence-electron chi connectivity index (χ4n) is 2.52. The fraction of sp³-hybridized carbons (Fsp3) is 0.471. The van der Waals surface area contributed by atoms with Gasteiger partial charge in [-0.3, -0.25) is 0 Å². The van der Waals surface area contributed by atoms with Crippen molar-refractivity contribution in [3.63, 3.8) is 0 Å². The summed E-state index contributed by atoms with van der Waals surface area (Å²) in [5.74, 6) is 1.15. The molecular weight excluding hydrogens is 278 g/mol. The Labute approximate surface area is 132 Å². The highest BCUT2D eigenvalue weighted by atomic mass is 32.2. The maximum absolute atomic E-state index is 4.70. The van der Waals surface area contributed by atoms with Crippen LogP contribution in [0.15, 0.2) is 30.3 Å². The van der Waals surface area contributed by atoms with Crippen molar-refractivity contribution in [2.45, 2.75) is 39.8 Å². The molecule has 114 valence electrons. The molecule has 2 aromatic rings. The van der Waals surface area contributed by atoms with Crippen molar-refractivity contribution in [2.75, 3.05) is 12.0 Å². The van der Waals surface area contributed by atoms with Gasteiger partial charge in [0.25, 0.3) is 0 Å². The third-order valence-electron chi connectivity index (χ3n) is 3.87. The van der Waals surface area contributed by atoms with Gasteiger partial charge < -0.3 is 5.32 Å². The third-order valence-corrected chi connectivity index (χ3v) is 4.61. The zero-order valence-corrected chi connectivity index (χ0v) is 14.2. The third kappa shape index (κ3) is 3.89. The largest absolute Gasteiger partial charge is 0.309 e. The lowest BCUT2D eigenvalue weighted by atomic mass is 10.1. The number of hydrogen-bond donors (Lipinski definition) is 1. The van der Waals surface area contributed by atoms with E-state index in [2.05, 4.69) is 56.6 Å². The molecule has 1 aromatic heterocycles. The van der Waals surface area contributed by atoms with Crippen molar-refractivity contribution >= 4 is 11.8 Å². The lowest BCUT2D eigenvalue weighted by Crippen LogP contribution is -2.30. The molecule has 1 aromatic carbocycles. The van der Waals surface area contributed by atoms with Gasteiger partial charge in [-0.2, -0.15) is 16.9 Å². The molecule has 0 aliphatic carbocycles. The maximum Gasteiger partial charge on any atom is 0.0648 e. The predicted molar refractivity (Wildman–Crippen MR) is 92.3 cm³/mol. The number of benzene rings is 1. The summed E-state index contributed by atoms with van der Waals surface area (Å²) in [6.07, 6.45) is 3.32. The predicted octanol–water partition coefficient (Wildman–Crippen LogP) is 3.72. The molecule has 1 unspecified atom stereocenters. The quantitative estimate of drug-likeness (QED) is 0.845. The summed E-state index contributed by atoms with van der Waals surface area (Å²) in [5, 5.41) is 8.36. The Kier molecular flexibility index (Phi) is 5.88. The number of rotatable bonds is 7. The summed E-state index contributed by atoms with van der Waals surface area (Å²) in [5.41, 5.74) is 4.78. The van der Waals surface area contributed by atoms with Crippen LogP contribution < -0.4 is 5.32 Å². The van der Waals surface area contributed by atoms with Crippen LogP contribution in [-0.2, 0) is 6.54 Å². The highest BCUT2D eigenvalue weighted by molar-refractivity contribution is 7.98. The Balaban J connectivity index is 2.16. The second kappa shape index (κ2) is 7.66. The molecular formula is C17H25N3S. The van der Waals surface area contributed by atoms with Gasteiger partial charge in [0, 0.05) is 29.6 Å². The molecule has 0 aliphatic heterocycles. The Hall–Kier alpha value is -1.26. The Bertz CT molecular complexity index is 563. The van der Waals surface area contributed by atoms with Gasteiger partial charge in [-0.05, 0) is 38.7 Å². The number of aryl methyl sites for hydroxylation is 1. The van der Waals surface area contributed by atoms with Crippen LogP contribution in [0.2, 0.25) is 0 Å². The van der Waals surface area contributed by atoms with Gasteiger partial charge in [-0.1, -0.05) is 25.1 Å². The van der Waals surface area contributed by atoms with E-state index in [0.29, 0.717) is 6.04 Å². The zero-order valence-electron chi connectivity index (χ0n) is 13.4. The van der Waals surface area contributed by atoms with E-state index in [1.807, 2.05) is 22.5 Å². The maximum atomic E-state index is 4.70. The van der Waals surface area contributed by atoms with Gasteiger partial charge in [0.05, 0.1) is 11.4 Å². The monoisotopic (exact) mass is 303 g/mol. The second-order valence-electron chi connectivity index (χ2n) is 5.34. The number of nitrogens with zero attached hydrogens (tertiary/aromatic N) is 2. The number of hydrogen-bond acceptors (Lipinski definition) is 3. The molecule has 0 spiro atoms. The molecule has 1 heterocycles. The molecule has 0 bridgehead atoms.